The van der Waals surface area contributed by atoms with Crippen LogP contribution >= 0.6 is 0 Å². The zero-order chi connectivity index (χ0) is 15.7. The van der Waals surface area contributed by atoms with Crippen molar-refractivity contribution in [3.05, 3.63) is 34.8 Å². The van der Waals surface area contributed by atoms with Gasteiger partial charge in [0, 0.05) is 23.6 Å². The Kier molecular flexibility index (Phi) is 4.26. The summed E-state index contributed by atoms with van der Waals surface area (Å²) >= 11 is 0. The Balaban J connectivity index is 2.74. The fourth-order valence-electron chi connectivity index (χ4n) is 2.42. The molecule has 0 N–H and O–H groups in total. The highest BCUT2D eigenvalue weighted by Gasteiger charge is 2.16. The molecule has 0 saturated heterocycles. The molecule has 2 aromatic rings. The zero-order valence-electron chi connectivity index (χ0n) is 13.1. The predicted octanol–water partition coefficient (Wildman–Crippen LogP) is 4.11. The molecule has 0 aliphatic heterocycles. The van der Waals surface area contributed by atoms with Gasteiger partial charge in [-0.3, -0.25) is 4.79 Å². The average molecular weight is 289 g/mol. The van der Waals surface area contributed by atoms with Crippen LogP contribution in [0, 0.1) is 25.6 Å². The molecule has 0 spiro atoms. The van der Waals surface area contributed by atoms with Crippen molar-refractivity contribution in [1.29, 1.82) is 0 Å². The van der Waals surface area contributed by atoms with Crippen molar-refractivity contribution in [2.24, 2.45) is 5.92 Å². The third-order valence-electron chi connectivity index (χ3n) is 3.42. The molecule has 1 aromatic heterocycles. The second kappa shape index (κ2) is 5.80. The number of hydrogen-bond acceptors (Lipinski definition) is 3. The Labute approximate surface area is 124 Å². The van der Waals surface area contributed by atoms with Crippen molar-refractivity contribution >= 4 is 16.9 Å². The van der Waals surface area contributed by atoms with Crippen LogP contribution in [0.4, 0.5) is 4.39 Å². The van der Waals surface area contributed by atoms with E-state index in [-0.39, 0.29) is 11.3 Å². The quantitative estimate of drug-likeness (QED) is 0.798. The van der Waals surface area contributed by atoms with Crippen LogP contribution < -0.4 is 4.74 Å². The molecule has 0 atom stereocenters. The van der Waals surface area contributed by atoms with Crippen LogP contribution in [0.15, 0.2) is 12.1 Å². The Morgan fingerprint density at radius 3 is 2.57 bits per heavy atom. The topological polar surface area (TPSA) is 39.2 Å². The van der Waals surface area contributed by atoms with E-state index in [0.717, 1.165) is 17.5 Å². The number of aromatic nitrogens is 1. The molecule has 2 rings (SSSR count). The number of halogens is 1. The number of nitrogens with zero attached hydrogens (tertiary/aromatic N) is 1. The normalized spacial score (nSPS) is 11.2. The maximum Gasteiger partial charge on any atom is 0.308 e. The third kappa shape index (κ3) is 3.20. The van der Waals surface area contributed by atoms with Gasteiger partial charge in [-0.15, -0.1) is 0 Å². The van der Waals surface area contributed by atoms with Crippen LogP contribution in [0.5, 0.6) is 5.75 Å². The first-order valence-corrected chi connectivity index (χ1v) is 7.07. The van der Waals surface area contributed by atoms with Gasteiger partial charge in [0.25, 0.3) is 0 Å². The minimum Gasteiger partial charge on any atom is -0.426 e. The first-order valence-electron chi connectivity index (χ1n) is 7.07. The van der Waals surface area contributed by atoms with E-state index in [0.29, 0.717) is 22.7 Å². The summed E-state index contributed by atoms with van der Waals surface area (Å²) in [6.07, 6.45) is 0.763. The smallest absolute Gasteiger partial charge is 0.308 e. The first kappa shape index (κ1) is 15.4. The van der Waals surface area contributed by atoms with Crippen LogP contribution in [0.1, 0.15) is 37.6 Å². The number of rotatable bonds is 3. The van der Waals surface area contributed by atoms with Gasteiger partial charge in [0.2, 0.25) is 0 Å². The van der Waals surface area contributed by atoms with Gasteiger partial charge in [0.1, 0.15) is 17.1 Å². The van der Waals surface area contributed by atoms with Crippen molar-refractivity contribution in [1.82, 2.24) is 4.98 Å². The van der Waals surface area contributed by atoms with E-state index in [1.807, 2.05) is 13.0 Å². The minimum atomic E-state index is -0.417. The molecule has 0 aliphatic carbocycles. The molecule has 1 heterocycles. The Morgan fingerprint density at radius 1 is 1.33 bits per heavy atom. The van der Waals surface area contributed by atoms with E-state index >= 15 is 0 Å². The van der Waals surface area contributed by atoms with Crippen LogP contribution in [0.25, 0.3) is 10.9 Å². The number of benzene rings is 1. The van der Waals surface area contributed by atoms with Crippen LogP contribution in [0.2, 0.25) is 0 Å². The van der Waals surface area contributed by atoms with Gasteiger partial charge in [0.15, 0.2) is 0 Å². The lowest BCUT2D eigenvalue weighted by Gasteiger charge is -2.14. The van der Waals surface area contributed by atoms with Gasteiger partial charge in [-0.1, -0.05) is 13.8 Å². The van der Waals surface area contributed by atoms with E-state index in [9.17, 15) is 9.18 Å². The lowest BCUT2D eigenvalue weighted by molar-refractivity contribution is -0.131. The monoisotopic (exact) mass is 289 g/mol. The van der Waals surface area contributed by atoms with Crippen molar-refractivity contribution in [2.45, 2.75) is 41.0 Å². The summed E-state index contributed by atoms with van der Waals surface area (Å²) in [6, 6.07) is 3.39. The number of aryl methyl sites for hydroxylation is 1. The molecule has 0 radical (unpaired) electrons. The number of pyridine rings is 1. The molecule has 1 aromatic carbocycles. The maximum absolute atomic E-state index is 14.3. The van der Waals surface area contributed by atoms with Crippen molar-refractivity contribution in [3.8, 4) is 5.75 Å². The molecule has 21 heavy (non-hydrogen) atoms. The Bertz CT molecular complexity index is 708. The van der Waals surface area contributed by atoms with E-state index in [2.05, 4.69) is 18.8 Å². The minimum absolute atomic E-state index is 0.252. The summed E-state index contributed by atoms with van der Waals surface area (Å²) in [5.74, 6) is 0.0346. The van der Waals surface area contributed by atoms with Gasteiger partial charge >= 0.3 is 5.97 Å². The van der Waals surface area contributed by atoms with Crippen LogP contribution in [-0.4, -0.2) is 11.0 Å². The summed E-state index contributed by atoms with van der Waals surface area (Å²) in [4.78, 5) is 15.6. The number of hydrogen-bond donors (Lipinski definition) is 0. The summed E-state index contributed by atoms with van der Waals surface area (Å²) in [5, 5.41) is 0.559. The lowest BCUT2D eigenvalue weighted by atomic mass is 9.99. The van der Waals surface area contributed by atoms with E-state index in [1.165, 1.54) is 13.0 Å². The predicted molar refractivity (Wildman–Crippen MR) is 81.0 cm³/mol. The molecule has 3 nitrogen and oxygen atoms in total. The van der Waals surface area contributed by atoms with Crippen molar-refractivity contribution < 1.29 is 13.9 Å². The van der Waals surface area contributed by atoms with E-state index in [1.54, 1.807) is 6.92 Å². The second-order valence-corrected chi connectivity index (χ2v) is 5.82. The molecule has 4 heteroatoms. The highest BCUT2D eigenvalue weighted by Crippen LogP contribution is 2.33. The van der Waals surface area contributed by atoms with Crippen molar-refractivity contribution in [2.75, 3.05) is 0 Å². The highest BCUT2D eigenvalue weighted by atomic mass is 19.1. The third-order valence-corrected chi connectivity index (χ3v) is 3.42. The fourth-order valence-corrected chi connectivity index (χ4v) is 2.42. The second-order valence-electron chi connectivity index (χ2n) is 5.82. The largest absolute Gasteiger partial charge is 0.426 e. The molecule has 0 unspecified atom stereocenters. The standard InChI is InChI=1S/C17H20FNO2/c1-9(2)6-13-7-14-16(15(18)8-13)19-11(4)10(3)17(14)21-12(5)20/h7-9H,6H2,1-5H3. The first-order chi connectivity index (χ1) is 9.79. The zero-order valence-corrected chi connectivity index (χ0v) is 13.1. The fraction of sp³-hybridized carbons (Fsp3) is 0.412. The number of carbonyl (C=O) groups is 1. The van der Waals surface area contributed by atoms with E-state index in [4.69, 9.17) is 4.74 Å². The van der Waals surface area contributed by atoms with Crippen LogP contribution in [0.3, 0.4) is 0 Å². The molecule has 112 valence electrons. The maximum atomic E-state index is 14.3. The number of ether oxygens (including phenoxy) is 1. The van der Waals surface area contributed by atoms with Gasteiger partial charge < -0.3 is 4.74 Å². The summed E-state index contributed by atoms with van der Waals surface area (Å²) in [5.41, 5.74) is 2.56. The Hall–Kier alpha value is -1.97. The summed E-state index contributed by atoms with van der Waals surface area (Å²) < 4.78 is 19.6. The van der Waals surface area contributed by atoms with Gasteiger partial charge in [-0.05, 0) is 43.9 Å². The molecule has 0 aliphatic rings. The molecular weight excluding hydrogens is 269 g/mol. The van der Waals surface area contributed by atoms with E-state index < -0.39 is 5.97 Å². The number of carbonyl (C=O) groups excluding carboxylic acids is 1. The van der Waals surface area contributed by atoms with Gasteiger partial charge in [0.05, 0.1) is 0 Å². The molecule has 0 bridgehead atoms. The van der Waals surface area contributed by atoms with Crippen molar-refractivity contribution in [3.63, 3.8) is 0 Å². The average Bonchev–Trinajstić information content (AvgIpc) is 2.35. The SMILES string of the molecule is CC(=O)Oc1c(C)c(C)nc2c(F)cc(CC(C)C)cc12. The number of fused-ring (bicyclic) bond motifs is 1. The molecule has 0 amide bonds. The molecular formula is C17H20FNO2. The Morgan fingerprint density at radius 2 is 2.00 bits per heavy atom. The number of esters is 1. The van der Waals surface area contributed by atoms with Crippen LogP contribution in [-0.2, 0) is 11.2 Å². The van der Waals surface area contributed by atoms with Gasteiger partial charge in [-0.25, -0.2) is 9.37 Å². The van der Waals surface area contributed by atoms with Gasteiger partial charge in [-0.2, -0.15) is 0 Å². The molecule has 0 saturated carbocycles. The lowest BCUT2D eigenvalue weighted by Crippen LogP contribution is -2.06. The molecule has 0 fully saturated rings. The summed E-state index contributed by atoms with van der Waals surface area (Å²) in [7, 11) is 0. The summed E-state index contributed by atoms with van der Waals surface area (Å²) in [6.45, 7) is 9.10. The highest BCUT2D eigenvalue weighted by molar-refractivity contribution is 5.90.